The molecule has 0 bridgehead atoms. The molecule has 3 aliphatic rings. The molecule has 2 aromatic rings. The summed E-state index contributed by atoms with van der Waals surface area (Å²) in [6, 6.07) is 7.87. The van der Waals surface area contributed by atoms with Gasteiger partial charge in [-0.25, -0.2) is 13.6 Å². The zero-order valence-electron chi connectivity index (χ0n) is 20.9. The van der Waals surface area contributed by atoms with Gasteiger partial charge in [0.25, 0.3) is 5.91 Å². The van der Waals surface area contributed by atoms with E-state index in [2.05, 4.69) is 10.6 Å². The molecular weight excluding hydrogens is 482 g/mol. The number of amides is 5. The predicted octanol–water partition coefficient (Wildman–Crippen LogP) is 3.31. The third-order valence-electron chi connectivity index (χ3n) is 7.95. The van der Waals surface area contributed by atoms with Crippen LogP contribution in [0.5, 0.6) is 0 Å². The first kappa shape index (κ1) is 24.9. The summed E-state index contributed by atoms with van der Waals surface area (Å²) in [6.45, 7) is 3.35. The number of likely N-dealkylation sites (tertiary alicyclic amines) is 1. The summed E-state index contributed by atoms with van der Waals surface area (Å²) in [5.41, 5.74) is 1.05. The monoisotopic (exact) mass is 510 g/mol. The van der Waals surface area contributed by atoms with Crippen LogP contribution in [0, 0.1) is 17.0 Å². The molecule has 0 aromatic heterocycles. The van der Waals surface area contributed by atoms with Crippen LogP contribution in [0.2, 0.25) is 0 Å². The van der Waals surface area contributed by atoms with Gasteiger partial charge in [0.2, 0.25) is 11.8 Å². The molecule has 2 saturated heterocycles. The smallest absolute Gasteiger partial charge is 0.324 e. The normalized spacial score (nSPS) is 24.5. The van der Waals surface area contributed by atoms with Crippen LogP contribution < -0.4 is 10.6 Å². The topological polar surface area (TPSA) is 98.8 Å². The van der Waals surface area contributed by atoms with E-state index in [1.165, 1.54) is 15.9 Å². The number of carbonyl (C=O) groups is 4. The van der Waals surface area contributed by atoms with E-state index >= 15 is 0 Å². The highest BCUT2D eigenvalue weighted by atomic mass is 19.2. The van der Waals surface area contributed by atoms with Gasteiger partial charge in [0.05, 0.1) is 6.04 Å². The van der Waals surface area contributed by atoms with Crippen molar-refractivity contribution in [3.8, 4) is 0 Å². The first-order chi connectivity index (χ1) is 17.4. The van der Waals surface area contributed by atoms with Crippen molar-refractivity contribution in [1.82, 2.24) is 15.1 Å². The number of rotatable bonds is 4. The first-order valence-electron chi connectivity index (χ1n) is 12.2. The summed E-state index contributed by atoms with van der Waals surface area (Å²) in [6.07, 6.45) is 1.77. The van der Waals surface area contributed by atoms with Crippen LogP contribution >= 0.6 is 0 Å². The van der Waals surface area contributed by atoms with Gasteiger partial charge in [0.15, 0.2) is 11.6 Å². The molecule has 37 heavy (non-hydrogen) atoms. The van der Waals surface area contributed by atoms with E-state index in [0.717, 1.165) is 23.3 Å². The van der Waals surface area contributed by atoms with Crippen molar-refractivity contribution in [3.05, 3.63) is 64.7 Å². The molecule has 8 nitrogen and oxygen atoms in total. The zero-order valence-corrected chi connectivity index (χ0v) is 20.9. The van der Waals surface area contributed by atoms with E-state index in [4.69, 9.17) is 0 Å². The molecule has 2 heterocycles. The molecule has 194 valence electrons. The average Bonchev–Trinajstić information content (AvgIpc) is 3.32. The van der Waals surface area contributed by atoms with Gasteiger partial charge >= 0.3 is 6.03 Å². The highest BCUT2D eigenvalue weighted by Crippen LogP contribution is 2.41. The van der Waals surface area contributed by atoms with Crippen molar-refractivity contribution < 1.29 is 28.0 Å². The Bertz CT molecular complexity index is 1340. The lowest BCUT2D eigenvalue weighted by Crippen LogP contribution is -2.50. The van der Waals surface area contributed by atoms with Crippen molar-refractivity contribution in [2.45, 2.75) is 51.1 Å². The summed E-state index contributed by atoms with van der Waals surface area (Å²) in [4.78, 5) is 53.7. The van der Waals surface area contributed by atoms with E-state index in [1.807, 2.05) is 6.07 Å². The number of nitrogens with one attached hydrogen (secondary N) is 2. The number of hydrogen-bond acceptors (Lipinski definition) is 4. The van der Waals surface area contributed by atoms with Gasteiger partial charge in [0, 0.05) is 31.0 Å². The largest absolute Gasteiger partial charge is 0.326 e. The fraction of sp³-hybridized carbons (Fsp3) is 0.407. The Morgan fingerprint density at radius 2 is 1.78 bits per heavy atom. The molecule has 0 radical (unpaired) electrons. The van der Waals surface area contributed by atoms with E-state index < -0.39 is 40.6 Å². The number of urea groups is 1. The van der Waals surface area contributed by atoms with E-state index in [0.29, 0.717) is 36.9 Å². The molecule has 2 fully saturated rings. The molecule has 10 heteroatoms. The van der Waals surface area contributed by atoms with Crippen molar-refractivity contribution in [2.75, 3.05) is 18.9 Å². The molecule has 5 rings (SSSR count). The Kier molecular flexibility index (Phi) is 5.80. The van der Waals surface area contributed by atoms with Crippen LogP contribution in [0.4, 0.5) is 19.3 Å². The van der Waals surface area contributed by atoms with Gasteiger partial charge in [-0.1, -0.05) is 26.0 Å². The number of piperidine rings is 1. The molecule has 1 aliphatic carbocycles. The molecule has 2 aliphatic heterocycles. The molecule has 2 N–H and O–H groups in total. The van der Waals surface area contributed by atoms with Crippen LogP contribution in [0.1, 0.15) is 49.4 Å². The fourth-order valence-corrected chi connectivity index (χ4v) is 5.67. The molecule has 2 aromatic carbocycles. The Morgan fingerprint density at radius 1 is 1.05 bits per heavy atom. The van der Waals surface area contributed by atoms with Crippen molar-refractivity contribution in [2.24, 2.45) is 5.41 Å². The van der Waals surface area contributed by atoms with Crippen molar-refractivity contribution in [3.63, 3.8) is 0 Å². The van der Waals surface area contributed by atoms with Crippen LogP contribution in [0.15, 0.2) is 36.4 Å². The second-order valence-electron chi connectivity index (χ2n) is 10.8. The van der Waals surface area contributed by atoms with Crippen LogP contribution in [0.25, 0.3) is 0 Å². The lowest BCUT2D eigenvalue weighted by molar-refractivity contribution is -0.150. The highest BCUT2D eigenvalue weighted by molar-refractivity contribution is 6.07. The molecule has 0 unspecified atom stereocenters. The molecule has 0 saturated carbocycles. The Morgan fingerprint density at radius 3 is 2.46 bits per heavy atom. The van der Waals surface area contributed by atoms with E-state index in [9.17, 15) is 28.0 Å². The second-order valence-corrected chi connectivity index (χ2v) is 10.8. The molecular formula is C27H28F2N4O4. The number of nitrogens with zero attached hydrogens (tertiary/aromatic N) is 2. The molecule has 2 atom stereocenters. The highest BCUT2D eigenvalue weighted by Gasteiger charge is 2.54. The third kappa shape index (κ3) is 4.14. The van der Waals surface area contributed by atoms with Gasteiger partial charge in [-0.15, -0.1) is 0 Å². The Labute approximate surface area is 213 Å². The number of likely N-dealkylation sites (N-methyl/N-ethyl adjacent to an activating group) is 1. The van der Waals surface area contributed by atoms with Crippen LogP contribution in [0.3, 0.4) is 0 Å². The molecule has 5 amide bonds. The van der Waals surface area contributed by atoms with Gasteiger partial charge in [-0.3, -0.25) is 19.7 Å². The van der Waals surface area contributed by atoms with E-state index in [-0.39, 0.29) is 18.4 Å². The standard InChI is InChI=1S/C27H28F2N4O4/c1-26(2)9-8-21(15-5-7-19(28)20(29)11-15)33(24(26)36)14-22(34)30-18-6-4-16-12-27(13-17(16)10-18)23(35)31-25(37)32(27)3/h4-7,10-11,21H,8-9,12-14H2,1-3H3,(H,30,34)(H,31,35,37)/t21-,27+/m0/s1. The molecule has 1 spiro atoms. The third-order valence-corrected chi connectivity index (χ3v) is 7.95. The predicted molar refractivity (Wildman–Crippen MR) is 130 cm³/mol. The second kappa shape index (κ2) is 8.64. The maximum Gasteiger partial charge on any atom is 0.324 e. The summed E-state index contributed by atoms with van der Waals surface area (Å²) in [5.74, 6) is -2.98. The number of carbonyl (C=O) groups excluding carboxylic acids is 4. The minimum absolute atomic E-state index is 0.237. The number of halogens is 2. The number of hydrogen-bond donors (Lipinski definition) is 2. The summed E-state index contributed by atoms with van der Waals surface area (Å²) >= 11 is 0. The quantitative estimate of drug-likeness (QED) is 0.617. The minimum atomic E-state index is -1.00. The lowest BCUT2D eigenvalue weighted by atomic mass is 9.78. The fourth-order valence-electron chi connectivity index (χ4n) is 5.67. The number of benzene rings is 2. The van der Waals surface area contributed by atoms with Gasteiger partial charge in [-0.05, 0) is 53.8 Å². The zero-order chi connectivity index (χ0) is 26.7. The summed E-state index contributed by atoms with van der Waals surface area (Å²) < 4.78 is 27.5. The van der Waals surface area contributed by atoms with E-state index in [1.54, 1.807) is 33.0 Å². The number of anilines is 1. The Balaban J connectivity index is 1.34. The number of fused-ring (bicyclic) bond motifs is 1. The van der Waals surface area contributed by atoms with Crippen LogP contribution in [-0.2, 0) is 27.2 Å². The summed E-state index contributed by atoms with van der Waals surface area (Å²) in [7, 11) is 1.59. The SMILES string of the molecule is CN1C(=O)NC(=O)[C@]12Cc1ccc(NC(=O)CN3C(=O)C(C)(C)CC[C@H]3c3ccc(F)c(F)c3)cc1C2. The average molecular weight is 511 g/mol. The van der Waals surface area contributed by atoms with Crippen molar-refractivity contribution >= 4 is 29.4 Å². The minimum Gasteiger partial charge on any atom is -0.326 e. The number of imide groups is 1. The van der Waals surface area contributed by atoms with Crippen molar-refractivity contribution in [1.29, 1.82) is 0 Å². The lowest BCUT2D eigenvalue weighted by Gasteiger charge is -2.43. The summed E-state index contributed by atoms with van der Waals surface area (Å²) in [5, 5.41) is 5.18. The van der Waals surface area contributed by atoms with Crippen LogP contribution in [-0.4, -0.2) is 52.7 Å². The first-order valence-corrected chi connectivity index (χ1v) is 12.2. The maximum atomic E-state index is 13.9. The van der Waals surface area contributed by atoms with Gasteiger partial charge in [-0.2, -0.15) is 0 Å². The maximum absolute atomic E-state index is 13.9. The Hall–Kier alpha value is -3.82. The van der Waals surface area contributed by atoms with Gasteiger partial charge < -0.3 is 15.1 Å². The van der Waals surface area contributed by atoms with Gasteiger partial charge in [0.1, 0.15) is 12.1 Å².